The number of alkyl halides is 2. The standard InChI is InChI=1S/C10H7F2N3O.ClH/c11-10(12,15-7-13-6-14-15)9(16)8-4-2-1-3-5-8;/h1-7H;1H. The summed E-state index contributed by atoms with van der Waals surface area (Å²) in [5, 5.41) is 3.27. The first-order valence-corrected chi connectivity index (χ1v) is 4.45. The van der Waals surface area contributed by atoms with Crippen LogP contribution in [0.4, 0.5) is 8.78 Å². The van der Waals surface area contributed by atoms with Crippen LogP contribution in [0.3, 0.4) is 0 Å². The van der Waals surface area contributed by atoms with Crippen molar-refractivity contribution in [3.05, 3.63) is 48.5 Å². The van der Waals surface area contributed by atoms with Crippen LogP contribution in [0.15, 0.2) is 43.0 Å². The molecule has 2 rings (SSSR count). The molecule has 7 heteroatoms. The molecular formula is C10H8ClF2N3O. The average Bonchev–Trinajstić information content (AvgIpc) is 2.83. The minimum Gasteiger partial charge on any atom is -0.285 e. The monoisotopic (exact) mass is 259 g/mol. The zero-order valence-electron chi connectivity index (χ0n) is 8.46. The minimum absolute atomic E-state index is 0. The van der Waals surface area contributed by atoms with Gasteiger partial charge in [0.2, 0.25) is 0 Å². The van der Waals surface area contributed by atoms with Gasteiger partial charge in [-0.1, -0.05) is 30.3 Å². The Morgan fingerprint density at radius 3 is 2.41 bits per heavy atom. The van der Waals surface area contributed by atoms with Gasteiger partial charge >= 0.3 is 6.05 Å². The average molecular weight is 260 g/mol. The fourth-order valence-corrected chi connectivity index (χ4v) is 1.22. The van der Waals surface area contributed by atoms with Gasteiger partial charge in [0.05, 0.1) is 0 Å². The maximum Gasteiger partial charge on any atom is 0.408 e. The van der Waals surface area contributed by atoms with Gasteiger partial charge in [-0.25, -0.2) is 4.98 Å². The molecule has 0 amide bonds. The van der Waals surface area contributed by atoms with E-state index >= 15 is 0 Å². The van der Waals surface area contributed by atoms with Crippen LogP contribution in [0.2, 0.25) is 0 Å². The van der Waals surface area contributed by atoms with Gasteiger partial charge in [-0.05, 0) is 0 Å². The van der Waals surface area contributed by atoms with Crippen molar-refractivity contribution in [2.24, 2.45) is 0 Å². The van der Waals surface area contributed by atoms with Crippen LogP contribution in [-0.2, 0) is 6.05 Å². The molecule has 0 aliphatic carbocycles. The molecule has 0 atom stereocenters. The number of rotatable bonds is 3. The molecule has 0 aliphatic rings. The number of carbonyl (C=O) groups is 1. The van der Waals surface area contributed by atoms with Crippen LogP contribution in [0.25, 0.3) is 0 Å². The van der Waals surface area contributed by atoms with Gasteiger partial charge < -0.3 is 0 Å². The van der Waals surface area contributed by atoms with Crippen LogP contribution in [-0.4, -0.2) is 20.5 Å². The van der Waals surface area contributed by atoms with E-state index in [1.807, 2.05) is 0 Å². The van der Waals surface area contributed by atoms with Crippen LogP contribution in [0, 0.1) is 0 Å². The molecule has 1 aromatic carbocycles. The Labute approximate surface area is 102 Å². The minimum atomic E-state index is -3.71. The van der Waals surface area contributed by atoms with Crippen LogP contribution in [0.1, 0.15) is 10.4 Å². The van der Waals surface area contributed by atoms with Crippen molar-refractivity contribution in [2.75, 3.05) is 0 Å². The summed E-state index contributed by atoms with van der Waals surface area (Å²) in [7, 11) is 0. The molecule has 1 heterocycles. The summed E-state index contributed by atoms with van der Waals surface area (Å²) in [6.45, 7) is 0. The number of hydrogen-bond acceptors (Lipinski definition) is 3. The summed E-state index contributed by atoms with van der Waals surface area (Å²) in [6, 6.07) is 3.62. The molecule has 1 aromatic heterocycles. The summed E-state index contributed by atoms with van der Waals surface area (Å²) in [4.78, 5) is 14.9. The van der Waals surface area contributed by atoms with Gasteiger partial charge in [-0.3, -0.25) is 4.79 Å². The first kappa shape index (κ1) is 13.2. The lowest BCUT2D eigenvalue weighted by Gasteiger charge is -2.14. The molecule has 0 unspecified atom stereocenters. The molecule has 90 valence electrons. The molecule has 2 aromatic rings. The molecule has 0 fully saturated rings. The predicted molar refractivity (Wildman–Crippen MR) is 58.2 cm³/mol. The quantitative estimate of drug-likeness (QED) is 0.794. The summed E-state index contributed by atoms with van der Waals surface area (Å²) in [5.74, 6) is -1.31. The highest BCUT2D eigenvalue weighted by Gasteiger charge is 2.42. The molecule has 0 saturated heterocycles. The van der Waals surface area contributed by atoms with Crippen LogP contribution < -0.4 is 0 Å². The smallest absolute Gasteiger partial charge is 0.285 e. The number of carbonyl (C=O) groups excluding carboxylic acids is 1. The van der Waals surface area contributed by atoms with Crippen molar-refractivity contribution in [1.82, 2.24) is 14.8 Å². The zero-order chi connectivity index (χ0) is 11.6. The molecule has 0 saturated carbocycles. The van der Waals surface area contributed by atoms with E-state index in [-0.39, 0.29) is 22.7 Å². The lowest BCUT2D eigenvalue weighted by molar-refractivity contribution is -0.0562. The molecule has 0 bridgehead atoms. The maximum absolute atomic E-state index is 13.6. The van der Waals surface area contributed by atoms with Crippen molar-refractivity contribution in [3.63, 3.8) is 0 Å². The third-order valence-corrected chi connectivity index (χ3v) is 2.02. The largest absolute Gasteiger partial charge is 0.408 e. The number of halogens is 3. The van der Waals surface area contributed by atoms with E-state index in [9.17, 15) is 13.6 Å². The number of Topliss-reactive ketones (excluding diaryl/α,β-unsaturated/α-hetero) is 1. The van der Waals surface area contributed by atoms with Gasteiger partial charge in [0.15, 0.2) is 0 Å². The first-order valence-electron chi connectivity index (χ1n) is 4.45. The second-order valence-corrected chi connectivity index (χ2v) is 3.08. The SMILES string of the molecule is Cl.O=C(c1ccccc1)C(F)(F)n1cncn1. The summed E-state index contributed by atoms with van der Waals surface area (Å²) < 4.78 is 27.4. The van der Waals surface area contributed by atoms with E-state index in [1.54, 1.807) is 6.07 Å². The molecule has 0 aliphatic heterocycles. The zero-order valence-corrected chi connectivity index (χ0v) is 9.27. The number of ketones is 1. The lowest BCUT2D eigenvalue weighted by Crippen LogP contribution is -2.33. The Hall–Kier alpha value is -1.82. The van der Waals surface area contributed by atoms with Gasteiger partial charge in [0.1, 0.15) is 12.7 Å². The summed E-state index contributed by atoms with van der Waals surface area (Å²) in [6.07, 6.45) is 1.76. The summed E-state index contributed by atoms with van der Waals surface area (Å²) >= 11 is 0. The Kier molecular flexibility index (Phi) is 3.90. The molecule has 0 radical (unpaired) electrons. The van der Waals surface area contributed by atoms with E-state index in [2.05, 4.69) is 10.1 Å². The second-order valence-electron chi connectivity index (χ2n) is 3.08. The van der Waals surface area contributed by atoms with E-state index in [0.29, 0.717) is 0 Å². The first-order chi connectivity index (χ1) is 7.62. The van der Waals surface area contributed by atoms with Crippen LogP contribution >= 0.6 is 12.4 Å². The van der Waals surface area contributed by atoms with Gasteiger partial charge in [-0.2, -0.15) is 18.6 Å². The van der Waals surface area contributed by atoms with E-state index in [4.69, 9.17) is 0 Å². The fraction of sp³-hybridized carbons (Fsp3) is 0.100. The van der Waals surface area contributed by atoms with Crippen molar-refractivity contribution in [1.29, 1.82) is 0 Å². The highest BCUT2D eigenvalue weighted by Crippen LogP contribution is 2.24. The third kappa shape index (κ3) is 2.47. The van der Waals surface area contributed by atoms with Crippen molar-refractivity contribution in [3.8, 4) is 0 Å². The molecule has 17 heavy (non-hydrogen) atoms. The molecule has 0 N–H and O–H groups in total. The Morgan fingerprint density at radius 1 is 1.24 bits per heavy atom. The van der Waals surface area contributed by atoms with E-state index in [0.717, 1.165) is 12.7 Å². The number of nitrogens with zero attached hydrogens (tertiary/aromatic N) is 3. The van der Waals surface area contributed by atoms with Gasteiger partial charge in [0.25, 0.3) is 5.78 Å². The molecular weight excluding hydrogens is 252 g/mol. The van der Waals surface area contributed by atoms with Crippen molar-refractivity contribution >= 4 is 18.2 Å². The fourth-order valence-electron chi connectivity index (χ4n) is 1.22. The summed E-state index contributed by atoms with van der Waals surface area (Å²) in [5.41, 5.74) is -0.0667. The van der Waals surface area contributed by atoms with E-state index in [1.165, 1.54) is 24.3 Å². The highest BCUT2D eigenvalue weighted by atomic mass is 35.5. The Balaban J connectivity index is 0.00000144. The van der Waals surface area contributed by atoms with Gasteiger partial charge in [0, 0.05) is 5.56 Å². The third-order valence-electron chi connectivity index (χ3n) is 2.02. The number of hydrogen-bond donors (Lipinski definition) is 0. The predicted octanol–water partition coefficient (Wildman–Crippen LogP) is 2.13. The number of benzene rings is 1. The second kappa shape index (κ2) is 5.01. The number of aromatic nitrogens is 3. The van der Waals surface area contributed by atoms with E-state index < -0.39 is 11.8 Å². The van der Waals surface area contributed by atoms with Crippen molar-refractivity contribution in [2.45, 2.75) is 6.05 Å². The Morgan fingerprint density at radius 2 is 1.88 bits per heavy atom. The van der Waals surface area contributed by atoms with Crippen molar-refractivity contribution < 1.29 is 13.6 Å². The lowest BCUT2D eigenvalue weighted by atomic mass is 10.1. The molecule has 4 nitrogen and oxygen atoms in total. The van der Waals surface area contributed by atoms with Gasteiger partial charge in [-0.15, -0.1) is 12.4 Å². The van der Waals surface area contributed by atoms with Crippen LogP contribution in [0.5, 0.6) is 0 Å². The maximum atomic E-state index is 13.6. The topological polar surface area (TPSA) is 47.8 Å². The Bertz CT molecular complexity index is 488. The highest BCUT2D eigenvalue weighted by molar-refractivity contribution is 5.99. The normalized spacial score (nSPS) is 10.7. The molecule has 0 spiro atoms.